The number of anilines is 1. The Morgan fingerprint density at radius 2 is 1.67 bits per heavy atom. The average molecular weight is 609 g/mol. The summed E-state index contributed by atoms with van der Waals surface area (Å²) in [7, 11) is -10.6. The second-order valence-electron chi connectivity index (χ2n) is 8.71. The van der Waals surface area contributed by atoms with Crippen LogP contribution < -0.4 is 10.2 Å². The molecule has 0 aliphatic rings. The van der Waals surface area contributed by atoms with Crippen molar-refractivity contribution >= 4 is 55.4 Å². The first kappa shape index (κ1) is 33.1. The maximum absolute atomic E-state index is 13.1. The Kier molecular flexibility index (Phi) is 12.8. The smallest absolute Gasteiger partial charge is 0.414 e. The van der Waals surface area contributed by atoms with Crippen molar-refractivity contribution in [1.82, 2.24) is 15.2 Å². The van der Waals surface area contributed by atoms with Gasteiger partial charge in [0.1, 0.15) is 0 Å². The first-order valence-electron chi connectivity index (χ1n) is 12.4. The molecular formula is C23H35ClN4O9P2. The van der Waals surface area contributed by atoms with Gasteiger partial charge in [0.25, 0.3) is 0 Å². The summed E-state index contributed by atoms with van der Waals surface area (Å²) < 4.78 is 28.0. The van der Waals surface area contributed by atoms with Crippen molar-refractivity contribution < 1.29 is 43.0 Å². The lowest BCUT2D eigenvalue weighted by molar-refractivity contribution is -0.121. The molecule has 2 aromatic rings. The number of hydrogen-bond acceptors (Lipinski definition) is 7. The van der Waals surface area contributed by atoms with Crippen LogP contribution in [0.1, 0.15) is 39.5 Å². The fourth-order valence-electron chi connectivity index (χ4n) is 3.85. The molecule has 13 nitrogen and oxygen atoms in total. The molecule has 16 heteroatoms. The number of carbonyl (C=O) groups is 2. The van der Waals surface area contributed by atoms with Gasteiger partial charge in [-0.15, -0.1) is 0 Å². The number of carbonyl (C=O) groups excluding carboxylic acids is 2. The van der Waals surface area contributed by atoms with E-state index >= 15 is 0 Å². The van der Waals surface area contributed by atoms with Crippen LogP contribution in [0.4, 0.5) is 10.5 Å². The van der Waals surface area contributed by atoms with Crippen LogP contribution in [0.2, 0.25) is 5.02 Å². The predicted molar refractivity (Wildman–Crippen MR) is 148 cm³/mol. The minimum absolute atomic E-state index is 0.0465. The first-order valence-corrected chi connectivity index (χ1v) is 16.1. The van der Waals surface area contributed by atoms with E-state index in [1.807, 2.05) is 0 Å². The van der Waals surface area contributed by atoms with Gasteiger partial charge in [-0.2, -0.15) is 0 Å². The van der Waals surface area contributed by atoms with Gasteiger partial charge >= 0.3 is 21.3 Å². The summed E-state index contributed by atoms with van der Waals surface area (Å²) in [6, 6.07) is 6.84. The SMILES string of the molecule is CCN(CC)CCCCN(C(=O)OCCCC(=O)NC(P(=O)(O)O)P(=O)(O)O)c1ccnc2cc(Cl)ccc12. The van der Waals surface area contributed by atoms with E-state index in [1.54, 1.807) is 35.8 Å². The molecule has 1 aromatic carbocycles. The van der Waals surface area contributed by atoms with Crippen LogP contribution in [-0.2, 0) is 18.7 Å². The lowest BCUT2D eigenvalue weighted by atomic mass is 10.1. The molecule has 218 valence electrons. The van der Waals surface area contributed by atoms with E-state index in [-0.39, 0.29) is 19.4 Å². The Labute approximate surface area is 231 Å². The van der Waals surface area contributed by atoms with Crippen LogP contribution in [0, 0.1) is 0 Å². The molecule has 0 atom stereocenters. The van der Waals surface area contributed by atoms with Gasteiger partial charge in [0, 0.05) is 29.6 Å². The van der Waals surface area contributed by atoms with Crippen molar-refractivity contribution in [2.45, 2.75) is 45.1 Å². The number of fused-ring (bicyclic) bond motifs is 1. The molecule has 0 aliphatic heterocycles. The number of aromatic nitrogens is 1. The average Bonchev–Trinajstić information content (AvgIpc) is 2.85. The van der Waals surface area contributed by atoms with Crippen molar-refractivity contribution in [2.24, 2.45) is 0 Å². The standard InChI is InChI=1S/C23H35ClN4O9P2/c1-3-27(4-2)13-5-6-14-28(20-11-12-25-19-16-17(24)9-10-18(19)20)23(30)37-15-7-8-21(29)26-22(38(31,32)33)39(34,35)36/h9-12,16,22H,3-8,13-15H2,1-2H3,(H,26,29)(H2,31,32,33)(H2,34,35,36). The minimum atomic E-state index is -5.30. The Balaban J connectivity index is 2.06. The van der Waals surface area contributed by atoms with Crippen molar-refractivity contribution in [2.75, 3.05) is 37.7 Å². The Morgan fingerprint density at radius 3 is 2.28 bits per heavy atom. The number of pyridine rings is 1. The highest BCUT2D eigenvalue weighted by Crippen LogP contribution is 2.58. The van der Waals surface area contributed by atoms with Crippen LogP contribution in [0.15, 0.2) is 30.5 Å². The number of halogens is 1. The highest BCUT2D eigenvalue weighted by molar-refractivity contribution is 7.70. The molecule has 0 radical (unpaired) electrons. The molecule has 0 unspecified atom stereocenters. The highest BCUT2D eigenvalue weighted by atomic mass is 35.5. The van der Waals surface area contributed by atoms with Gasteiger partial charge in [0.05, 0.1) is 17.8 Å². The number of nitrogens with zero attached hydrogens (tertiary/aromatic N) is 3. The minimum Gasteiger partial charge on any atom is -0.449 e. The van der Waals surface area contributed by atoms with E-state index in [4.69, 9.17) is 35.9 Å². The van der Waals surface area contributed by atoms with Gasteiger partial charge in [-0.3, -0.25) is 23.8 Å². The molecule has 0 spiro atoms. The van der Waals surface area contributed by atoms with E-state index in [1.165, 1.54) is 4.90 Å². The van der Waals surface area contributed by atoms with Crippen molar-refractivity contribution in [3.63, 3.8) is 0 Å². The van der Waals surface area contributed by atoms with Crippen LogP contribution >= 0.6 is 26.8 Å². The zero-order valence-electron chi connectivity index (χ0n) is 21.8. The Bertz CT molecular complexity index is 1200. The van der Waals surface area contributed by atoms with Gasteiger partial charge in [-0.05, 0) is 63.2 Å². The third kappa shape index (κ3) is 10.4. The van der Waals surface area contributed by atoms with E-state index in [2.05, 4.69) is 23.7 Å². The summed E-state index contributed by atoms with van der Waals surface area (Å²) in [5, 5.41) is 2.87. The van der Waals surface area contributed by atoms with Crippen molar-refractivity contribution in [1.29, 1.82) is 0 Å². The van der Waals surface area contributed by atoms with Crippen molar-refractivity contribution in [3.8, 4) is 0 Å². The molecule has 0 saturated heterocycles. The fourth-order valence-corrected chi connectivity index (χ4v) is 6.21. The van der Waals surface area contributed by atoms with Gasteiger partial charge in [-0.1, -0.05) is 25.4 Å². The molecule has 0 aliphatic carbocycles. The molecular weight excluding hydrogens is 574 g/mol. The summed E-state index contributed by atoms with van der Waals surface area (Å²) in [4.78, 5) is 69.7. The second kappa shape index (κ2) is 15.1. The summed E-state index contributed by atoms with van der Waals surface area (Å²) in [6.07, 6.45) is 2.01. The Morgan fingerprint density at radius 1 is 1.03 bits per heavy atom. The zero-order valence-corrected chi connectivity index (χ0v) is 24.3. The van der Waals surface area contributed by atoms with Gasteiger partial charge in [0.2, 0.25) is 11.4 Å². The Hall–Kier alpha value is -2.08. The first-order chi connectivity index (χ1) is 18.3. The van der Waals surface area contributed by atoms with Gasteiger partial charge in [0.15, 0.2) is 0 Å². The monoisotopic (exact) mass is 608 g/mol. The molecule has 0 saturated carbocycles. The van der Waals surface area contributed by atoms with E-state index in [0.717, 1.165) is 26.1 Å². The maximum Gasteiger partial charge on any atom is 0.414 e. The summed E-state index contributed by atoms with van der Waals surface area (Å²) in [5.74, 6) is -1.01. The number of hydrogen-bond donors (Lipinski definition) is 5. The predicted octanol–water partition coefficient (Wildman–Crippen LogP) is 3.49. The normalized spacial score (nSPS) is 12.2. The lowest BCUT2D eigenvalue weighted by Crippen LogP contribution is -2.35. The second-order valence-corrected chi connectivity index (χ2v) is 12.9. The number of ether oxygens (including phenoxy) is 1. The molecule has 0 bridgehead atoms. The molecule has 1 heterocycles. The molecule has 1 aromatic heterocycles. The maximum atomic E-state index is 13.1. The third-order valence-electron chi connectivity index (χ3n) is 5.89. The highest BCUT2D eigenvalue weighted by Gasteiger charge is 2.44. The lowest BCUT2D eigenvalue weighted by Gasteiger charge is -2.24. The number of amides is 2. The largest absolute Gasteiger partial charge is 0.449 e. The summed E-state index contributed by atoms with van der Waals surface area (Å²) in [6.45, 7) is 7.04. The quantitative estimate of drug-likeness (QED) is 0.147. The number of benzene rings is 1. The molecule has 39 heavy (non-hydrogen) atoms. The zero-order chi connectivity index (χ0) is 29.2. The number of nitrogens with one attached hydrogen (secondary N) is 1. The van der Waals surface area contributed by atoms with E-state index in [9.17, 15) is 18.7 Å². The van der Waals surface area contributed by atoms with E-state index < -0.39 is 32.7 Å². The molecule has 0 fully saturated rings. The molecule has 2 amide bonds. The summed E-state index contributed by atoms with van der Waals surface area (Å²) in [5.41, 5.74) is -1.46. The fraction of sp³-hybridized carbons (Fsp3) is 0.522. The van der Waals surface area contributed by atoms with Crippen LogP contribution in [0.3, 0.4) is 0 Å². The van der Waals surface area contributed by atoms with Crippen LogP contribution in [-0.4, -0.2) is 79.8 Å². The van der Waals surface area contributed by atoms with E-state index in [0.29, 0.717) is 34.6 Å². The molecule has 2 rings (SSSR count). The van der Waals surface area contributed by atoms with Crippen LogP contribution in [0.25, 0.3) is 10.9 Å². The van der Waals surface area contributed by atoms with Gasteiger partial charge in [-0.25, -0.2) is 4.79 Å². The summed E-state index contributed by atoms with van der Waals surface area (Å²) >= 11 is 6.09. The number of unbranched alkanes of at least 4 members (excludes halogenated alkanes) is 1. The third-order valence-corrected chi connectivity index (χ3v) is 9.47. The molecule has 5 N–H and O–H groups in total. The van der Waals surface area contributed by atoms with Crippen LogP contribution in [0.5, 0.6) is 0 Å². The van der Waals surface area contributed by atoms with Crippen molar-refractivity contribution in [3.05, 3.63) is 35.5 Å². The van der Waals surface area contributed by atoms with Gasteiger partial charge < -0.3 is 34.5 Å². The number of rotatable bonds is 15. The topological polar surface area (TPSA) is 190 Å².